The second-order valence-electron chi connectivity index (χ2n) is 5.17. The summed E-state index contributed by atoms with van der Waals surface area (Å²) >= 11 is 5.78. The zero-order valence-electron chi connectivity index (χ0n) is 13.8. The summed E-state index contributed by atoms with van der Waals surface area (Å²) in [6.07, 6.45) is 0.271. The lowest BCUT2D eigenvalue weighted by molar-refractivity contribution is -0.128. The molecule has 0 spiro atoms. The summed E-state index contributed by atoms with van der Waals surface area (Å²) in [5, 5.41) is 0.606. The fraction of sp³-hybridized carbons (Fsp3) is 0.222. The van der Waals surface area contributed by atoms with Gasteiger partial charge >= 0.3 is 0 Å². The number of carbonyl (C=O) groups excluding carboxylic acids is 2. The molecule has 2 N–H and O–H groups in total. The van der Waals surface area contributed by atoms with Gasteiger partial charge in [0.1, 0.15) is 11.5 Å². The highest BCUT2D eigenvalue weighted by atomic mass is 35.5. The third-order valence-electron chi connectivity index (χ3n) is 3.28. The largest absolute Gasteiger partial charge is 0.497 e. The highest BCUT2D eigenvalue weighted by Gasteiger charge is 2.06. The molecule has 6 nitrogen and oxygen atoms in total. The van der Waals surface area contributed by atoms with Gasteiger partial charge in [-0.3, -0.25) is 20.4 Å². The Labute approximate surface area is 151 Å². The van der Waals surface area contributed by atoms with Crippen LogP contribution in [0.4, 0.5) is 0 Å². The van der Waals surface area contributed by atoms with E-state index in [2.05, 4.69) is 10.9 Å². The van der Waals surface area contributed by atoms with Gasteiger partial charge in [0.15, 0.2) is 0 Å². The third kappa shape index (κ3) is 6.73. The van der Waals surface area contributed by atoms with E-state index in [-0.39, 0.29) is 31.3 Å². The zero-order valence-corrected chi connectivity index (χ0v) is 14.5. The molecule has 0 unspecified atom stereocenters. The predicted molar refractivity (Wildman–Crippen MR) is 94.5 cm³/mol. The number of halogens is 1. The first-order chi connectivity index (χ1) is 12.1. The van der Waals surface area contributed by atoms with Gasteiger partial charge < -0.3 is 9.47 Å². The minimum Gasteiger partial charge on any atom is -0.497 e. The van der Waals surface area contributed by atoms with Crippen LogP contribution in [0, 0.1) is 0 Å². The van der Waals surface area contributed by atoms with E-state index in [1.54, 1.807) is 55.6 Å². The van der Waals surface area contributed by atoms with Crippen LogP contribution in [0.15, 0.2) is 48.5 Å². The summed E-state index contributed by atoms with van der Waals surface area (Å²) in [7, 11) is 1.58. The van der Waals surface area contributed by atoms with Crippen molar-refractivity contribution >= 4 is 23.4 Å². The molecule has 0 aliphatic rings. The lowest BCUT2D eigenvalue weighted by Gasteiger charge is -2.09. The molecule has 0 atom stereocenters. The number of benzene rings is 2. The highest BCUT2D eigenvalue weighted by Crippen LogP contribution is 2.17. The Kier molecular flexibility index (Phi) is 7.10. The average molecular weight is 363 g/mol. The van der Waals surface area contributed by atoms with Crippen molar-refractivity contribution in [2.24, 2.45) is 0 Å². The van der Waals surface area contributed by atoms with Gasteiger partial charge in [-0.25, -0.2) is 0 Å². The molecule has 2 rings (SSSR count). The number of rotatable bonds is 7. The molecule has 0 bridgehead atoms. The Morgan fingerprint density at radius 1 is 0.920 bits per heavy atom. The maximum atomic E-state index is 11.8. The number of methoxy groups -OCH3 is 1. The van der Waals surface area contributed by atoms with E-state index >= 15 is 0 Å². The van der Waals surface area contributed by atoms with Gasteiger partial charge in [-0.2, -0.15) is 0 Å². The van der Waals surface area contributed by atoms with Crippen LogP contribution in [0.5, 0.6) is 11.5 Å². The van der Waals surface area contributed by atoms with Crippen LogP contribution in [0.1, 0.15) is 12.0 Å². The molecular weight excluding hydrogens is 344 g/mol. The average Bonchev–Trinajstić information content (AvgIpc) is 2.62. The summed E-state index contributed by atoms with van der Waals surface area (Å²) in [6.45, 7) is 0.200. The number of hydrazine groups is 1. The number of ether oxygens (including phenoxy) is 2. The molecule has 2 amide bonds. The minimum atomic E-state index is -0.335. The summed E-state index contributed by atoms with van der Waals surface area (Å²) in [4.78, 5) is 23.4. The van der Waals surface area contributed by atoms with E-state index in [4.69, 9.17) is 21.1 Å². The number of carbonyl (C=O) groups is 2. The Hall–Kier alpha value is -2.73. The van der Waals surface area contributed by atoms with Crippen molar-refractivity contribution in [1.82, 2.24) is 10.9 Å². The fourth-order valence-corrected chi connectivity index (χ4v) is 2.09. The second-order valence-corrected chi connectivity index (χ2v) is 5.61. The van der Waals surface area contributed by atoms with Crippen molar-refractivity contribution in [2.75, 3.05) is 13.7 Å². The smallest absolute Gasteiger partial charge is 0.242 e. The number of hydrogen-bond donors (Lipinski definition) is 2. The van der Waals surface area contributed by atoms with E-state index in [1.807, 2.05) is 0 Å². The maximum absolute atomic E-state index is 11.8. The molecular formula is C18H19ClN2O4. The summed E-state index contributed by atoms with van der Waals surface area (Å²) in [6, 6.07) is 14.0. The van der Waals surface area contributed by atoms with E-state index in [0.717, 1.165) is 11.3 Å². The number of amides is 2. The molecule has 0 aliphatic heterocycles. The van der Waals surface area contributed by atoms with Gasteiger partial charge in [-0.05, 0) is 42.0 Å². The van der Waals surface area contributed by atoms with Gasteiger partial charge in [0.25, 0.3) is 0 Å². The first-order valence-corrected chi connectivity index (χ1v) is 8.03. The molecule has 0 heterocycles. The topological polar surface area (TPSA) is 76.7 Å². The van der Waals surface area contributed by atoms with E-state index in [1.165, 1.54) is 0 Å². The van der Waals surface area contributed by atoms with Crippen molar-refractivity contribution in [2.45, 2.75) is 12.8 Å². The van der Waals surface area contributed by atoms with Crippen LogP contribution in [0.25, 0.3) is 0 Å². The second kappa shape index (κ2) is 9.54. The van der Waals surface area contributed by atoms with Crippen LogP contribution in [-0.2, 0) is 16.0 Å². The SMILES string of the molecule is COc1ccc(OCCC(=O)NNC(=O)Cc2ccc(Cl)cc2)cc1. The fourth-order valence-electron chi connectivity index (χ4n) is 1.97. The lowest BCUT2D eigenvalue weighted by Crippen LogP contribution is -2.42. The summed E-state index contributed by atoms with van der Waals surface area (Å²) < 4.78 is 10.5. The van der Waals surface area contributed by atoms with Crippen molar-refractivity contribution in [3.05, 3.63) is 59.1 Å². The molecule has 132 valence electrons. The summed E-state index contributed by atoms with van der Waals surface area (Å²) in [5.74, 6) is 0.721. The molecule has 0 saturated carbocycles. The Balaban J connectivity index is 1.64. The highest BCUT2D eigenvalue weighted by molar-refractivity contribution is 6.30. The van der Waals surface area contributed by atoms with Crippen LogP contribution in [-0.4, -0.2) is 25.5 Å². The zero-order chi connectivity index (χ0) is 18.1. The lowest BCUT2D eigenvalue weighted by atomic mass is 10.1. The molecule has 2 aromatic carbocycles. The third-order valence-corrected chi connectivity index (χ3v) is 3.53. The van der Waals surface area contributed by atoms with Gasteiger partial charge in [-0.1, -0.05) is 23.7 Å². The maximum Gasteiger partial charge on any atom is 0.242 e. The Bertz CT molecular complexity index is 702. The molecule has 0 fully saturated rings. The van der Waals surface area contributed by atoms with Crippen molar-refractivity contribution in [3.63, 3.8) is 0 Å². The quantitative estimate of drug-likeness (QED) is 0.742. The molecule has 0 saturated heterocycles. The van der Waals surface area contributed by atoms with Gasteiger partial charge in [0, 0.05) is 5.02 Å². The van der Waals surface area contributed by atoms with E-state index in [9.17, 15) is 9.59 Å². The number of nitrogens with one attached hydrogen (secondary N) is 2. The molecule has 0 aliphatic carbocycles. The monoisotopic (exact) mass is 362 g/mol. The van der Waals surface area contributed by atoms with Gasteiger partial charge in [0.2, 0.25) is 11.8 Å². The first kappa shape index (κ1) is 18.6. The van der Waals surface area contributed by atoms with Gasteiger partial charge in [-0.15, -0.1) is 0 Å². The van der Waals surface area contributed by atoms with Crippen molar-refractivity contribution < 1.29 is 19.1 Å². The Morgan fingerprint density at radius 3 is 2.16 bits per heavy atom. The molecule has 2 aromatic rings. The first-order valence-electron chi connectivity index (χ1n) is 7.66. The number of hydrogen-bond acceptors (Lipinski definition) is 4. The molecule has 7 heteroatoms. The van der Waals surface area contributed by atoms with Crippen LogP contribution >= 0.6 is 11.6 Å². The molecule has 0 aromatic heterocycles. The van der Waals surface area contributed by atoms with Crippen molar-refractivity contribution in [1.29, 1.82) is 0 Å². The van der Waals surface area contributed by atoms with E-state index in [0.29, 0.717) is 10.8 Å². The van der Waals surface area contributed by atoms with Crippen LogP contribution in [0.3, 0.4) is 0 Å². The normalized spacial score (nSPS) is 10.0. The predicted octanol–water partition coefficient (Wildman–Crippen LogP) is 2.51. The van der Waals surface area contributed by atoms with Crippen LogP contribution < -0.4 is 20.3 Å². The standard InChI is InChI=1S/C18H19ClN2O4/c1-24-15-6-8-16(9-7-15)25-11-10-17(22)20-21-18(23)12-13-2-4-14(19)5-3-13/h2-9H,10-12H2,1H3,(H,20,22)(H,21,23). The van der Waals surface area contributed by atoms with Crippen molar-refractivity contribution in [3.8, 4) is 11.5 Å². The minimum absolute atomic E-state index is 0.118. The van der Waals surface area contributed by atoms with Gasteiger partial charge in [0.05, 0.1) is 26.6 Å². The van der Waals surface area contributed by atoms with E-state index < -0.39 is 0 Å². The Morgan fingerprint density at radius 2 is 1.52 bits per heavy atom. The molecule has 0 radical (unpaired) electrons. The summed E-state index contributed by atoms with van der Waals surface area (Å²) in [5.41, 5.74) is 5.52. The van der Waals surface area contributed by atoms with Crippen LogP contribution in [0.2, 0.25) is 5.02 Å². The molecule has 25 heavy (non-hydrogen) atoms.